The summed E-state index contributed by atoms with van der Waals surface area (Å²) in [5.74, 6) is 0.746. The highest BCUT2D eigenvalue weighted by Gasteiger charge is 2.26. The van der Waals surface area contributed by atoms with Crippen molar-refractivity contribution < 1.29 is 27.7 Å². The molecule has 1 aliphatic heterocycles. The summed E-state index contributed by atoms with van der Waals surface area (Å²) < 4.78 is 43.3. The van der Waals surface area contributed by atoms with Crippen molar-refractivity contribution in [2.45, 2.75) is 24.9 Å². The molecule has 190 valence electrons. The monoisotopic (exact) mass is 505 g/mol. The zero-order valence-electron chi connectivity index (χ0n) is 19.9. The molecule has 0 unspecified atom stereocenters. The number of ether oxygens (including phenoxy) is 1. The highest BCUT2D eigenvalue weighted by atomic mass is 19.1. The second-order valence-electron chi connectivity index (χ2n) is 9.45. The Kier molecular flexibility index (Phi) is 6.31. The van der Waals surface area contributed by atoms with Crippen molar-refractivity contribution in [3.05, 3.63) is 78.0 Å². The van der Waals surface area contributed by atoms with E-state index in [4.69, 9.17) is 13.8 Å². The predicted octanol–water partition coefficient (Wildman–Crippen LogP) is 5.53. The molecule has 3 heterocycles. The standard InChI is InChI=1S/C28H25F2N3O4/c29-19-3-7-23-25(13-19)31-37-28(23)18-1-5-22(6-2-18)35-16-21(34)15-33-11-9-17(10-12-33)27-24-8-4-20(30)14-26(24)36-32-27/h1-8,13-14,17,21,34H,9-12,15-16H2/t21-/m1/s1. The molecule has 7 nitrogen and oxygen atoms in total. The molecular weight excluding hydrogens is 480 g/mol. The third kappa shape index (κ3) is 4.92. The van der Waals surface area contributed by atoms with Crippen molar-refractivity contribution in [3.8, 4) is 17.1 Å². The molecule has 9 heteroatoms. The first-order valence-corrected chi connectivity index (χ1v) is 12.3. The molecule has 0 radical (unpaired) electrons. The van der Waals surface area contributed by atoms with Gasteiger partial charge in [-0.05, 0) is 74.5 Å². The number of rotatable bonds is 7. The van der Waals surface area contributed by atoms with Crippen LogP contribution in [-0.4, -0.2) is 52.7 Å². The highest BCUT2D eigenvalue weighted by Crippen LogP contribution is 2.33. The Bertz CT molecular complexity index is 1520. The Morgan fingerprint density at radius 2 is 1.65 bits per heavy atom. The van der Waals surface area contributed by atoms with Crippen LogP contribution in [0.15, 0.2) is 69.7 Å². The van der Waals surface area contributed by atoms with E-state index in [0.717, 1.165) is 48.0 Å². The molecule has 1 saturated heterocycles. The number of halogens is 2. The lowest BCUT2D eigenvalue weighted by Gasteiger charge is -2.32. The van der Waals surface area contributed by atoms with Gasteiger partial charge in [-0.15, -0.1) is 0 Å². The molecule has 0 amide bonds. The van der Waals surface area contributed by atoms with Gasteiger partial charge in [0.1, 0.15) is 35.6 Å². The molecule has 1 fully saturated rings. The first-order valence-electron chi connectivity index (χ1n) is 12.3. The van der Waals surface area contributed by atoms with Crippen molar-refractivity contribution in [3.63, 3.8) is 0 Å². The molecule has 1 atom stereocenters. The van der Waals surface area contributed by atoms with E-state index in [0.29, 0.717) is 29.2 Å². The van der Waals surface area contributed by atoms with Gasteiger partial charge in [0.05, 0.1) is 5.69 Å². The molecule has 0 spiro atoms. The molecule has 5 aromatic rings. The predicted molar refractivity (Wildman–Crippen MR) is 133 cm³/mol. The lowest BCUT2D eigenvalue weighted by Crippen LogP contribution is -2.40. The number of nitrogens with zero attached hydrogens (tertiary/aromatic N) is 3. The fraction of sp³-hybridized carbons (Fsp3) is 0.286. The quantitative estimate of drug-likeness (QED) is 0.311. The van der Waals surface area contributed by atoms with Gasteiger partial charge in [0.2, 0.25) is 0 Å². The van der Waals surface area contributed by atoms with Gasteiger partial charge in [0.25, 0.3) is 0 Å². The molecule has 3 aromatic carbocycles. The summed E-state index contributed by atoms with van der Waals surface area (Å²) in [6.07, 6.45) is 1.13. The summed E-state index contributed by atoms with van der Waals surface area (Å²) in [6, 6.07) is 16.2. The highest BCUT2D eigenvalue weighted by molar-refractivity contribution is 5.91. The normalized spacial score (nSPS) is 16.0. The maximum atomic E-state index is 13.4. The average Bonchev–Trinajstić information content (AvgIpc) is 3.52. The van der Waals surface area contributed by atoms with Crippen molar-refractivity contribution in [1.29, 1.82) is 0 Å². The molecule has 0 saturated carbocycles. The number of likely N-dealkylation sites (tertiary alicyclic amines) is 1. The zero-order chi connectivity index (χ0) is 25.4. The van der Waals surface area contributed by atoms with Gasteiger partial charge in [0.15, 0.2) is 11.3 Å². The lowest BCUT2D eigenvalue weighted by atomic mass is 9.91. The average molecular weight is 506 g/mol. The van der Waals surface area contributed by atoms with E-state index in [1.54, 1.807) is 24.3 Å². The van der Waals surface area contributed by atoms with Crippen LogP contribution < -0.4 is 4.74 Å². The number of aromatic nitrogens is 2. The molecule has 6 rings (SSSR count). The third-order valence-corrected chi connectivity index (χ3v) is 6.90. The molecule has 0 bridgehead atoms. The number of hydrogen-bond donors (Lipinski definition) is 1. The fourth-order valence-electron chi connectivity index (χ4n) is 4.98. The summed E-state index contributed by atoms with van der Waals surface area (Å²) in [5.41, 5.74) is 2.62. The van der Waals surface area contributed by atoms with Gasteiger partial charge in [-0.1, -0.05) is 10.3 Å². The Hall–Kier alpha value is -3.82. The summed E-state index contributed by atoms with van der Waals surface area (Å²) in [4.78, 5) is 2.22. The Balaban J connectivity index is 1.000. The number of β-amino-alcohol motifs (C(OH)–C–C–N with tert-alkyl or cyclic N) is 1. The minimum atomic E-state index is -0.639. The summed E-state index contributed by atoms with van der Waals surface area (Å²) >= 11 is 0. The molecule has 1 N–H and O–H groups in total. The van der Waals surface area contributed by atoms with Crippen LogP contribution in [0.5, 0.6) is 5.75 Å². The van der Waals surface area contributed by atoms with Crippen LogP contribution in [0.4, 0.5) is 8.78 Å². The number of piperidine rings is 1. The molecular formula is C28H25F2N3O4. The fourth-order valence-corrected chi connectivity index (χ4v) is 4.98. The lowest BCUT2D eigenvalue weighted by molar-refractivity contribution is 0.0592. The zero-order valence-corrected chi connectivity index (χ0v) is 19.9. The van der Waals surface area contributed by atoms with Gasteiger partial charge < -0.3 is 23.8 Å². The number of benzene rings is 3. The first-order chi connectivity index (χ1) is 18.0. The maximum Gasteiger partial charge on any atom is 0.174 e. The first kappa shape index (κ1) is 23.6. The SMILES string of the molecule is O[C@@H](COc1ccc(-c2onc3cc(F)ccc23)cc1)CN1CCC(c2noc3cc(F)ccc23)CC1. The molecule has 0 aliphatic carbocycles. The van der Waals surface area contributed by atoms with Gasteiger partial charge in [-0.2, -0.15) is 0 Å². The van der Waals surface area contributed by atoms with Crippen LogP contribution in [0, 0.1) is 11.6 Å². The van der Waals surface area contributed by atoms with Crippen LogP contribution in [0.3, 0.4) is 0 Å². The van der Waals surface area contributed by atoms with Gasteiger partial charge in [-0.25, -0.2) is 8.78 Å². The van der Waals surface area contributed by atoms with Crippen molar-refractivity contribution in [2.75, 3.05) is 26.2 Å². The minimum Gasteiger partial charge on any atom is -0.491 e. The van der Waals surface area contributed by atoms with Crippen molar-refractivity contribution in [1.82, 2.24) is 15.2 Å². The van der Waals surface area contributed by atoms with Gasteiger partial charge in [-0.3, -0.25) is 0 Å². The largest absolute Gasteiger partial charge is 0.491 e. The van der Waals surface area contributed by atoms with E-state index in [2.05, 4.69) is 15.2 Å². The summed E-state index contributed by atoms with van der Waals surface area (Å²) in [6.45, 7) is 2.32. The number of fused-ring (bicyclic) bond motifs is 2. The van der Waals surface area contributed by atoms with E-state index < -0.39 is 6.10 Å². The van der Waals surface area contributed by atoms with E-state index in [1.807, 2.05) is 12.1 Å². The van der Waals surface area contributed by atoms with E-state index in [-0.39, 0.29) is 24.2 Å². The van der Waals surface area contributed by atoms with Crippen LogP contribution in [0.1, 0.15) is 24.5 Å². The smallest absolute Gasteiger partial charge is 0.174 e. The summed E-state index contributed by atoms with van der Waals surface area (Å²) in [5, 5.41) is 20.3. The van der Waals surface area contributed by atoms with Gasteiger partial charge >= 0.3 is 0 Å². The second kappa shape index (κ2) is 9.91. The van der Waals surface area contributed by atoms with Crippen LogP contribution >= 0.6 is 0 Å². The van der Waals surface area contributed by atoms with E-state index in [9.17, 15) is 13.9 Å². The topological polar surface area (TPSA) is 84.8 Å². The molecule has 2 aromatic heterocycles. The van der Waals surface area contributed by atoms with Crippen LogP contribution in [0.25, 0.3) is 33.2 Å². The van der Waals surface area contributed by atoms with Crippen molar-refractivity contribution >= 4 is 21.9 Å². The summed E-state index contributed by atoms with van der Waals surface area (Å²) in [7, 11) is 0. The van der Waals surface area contributed by atoms with Crippen LogP contribution in [-0.2, 0) is 0 Å². The minimum absolute atomic E-state index is 0.170. The number of aliphatic hydroxyl groups is 1. The molecule has 1 aliphatic rings. The Morgan fingerprint density at radius 1 is 0.919 bits per heavy atom. The number of hydrogen-bond acceptors (Lipinski definition) is 7. The second-order valence-corrected chi connectivity index (χ2v) is 9.45. The Labute approximate surface area is 211 Å². The number of aliphatic hydroxyl groups excluding tert-OH is 1. The van der Waals surface area contributed by atoms with E-state index in [1.165, 1.54) is 24.3 Å². The molecule has 37 heavy (non-hydrogen) atoms. The van der Waals surface area contributed by atoms with Crippen molar-refractivity contribution in [2.24, 2.45) is 0 Å². The Morgan fingerprint density at radius 3 is 2.43 bits per heavy atom. The maximum absolute atomic E-state index is 13.4. The van der Waals surface area contributed by atoms with E-state index >= 15 is 0 Å². The van der Waals surface area contributed by atoms with Gasteiger partial charge in [0, 0.05) is 40.9 Å². The third-order valence-electron chi connectivity index (χ3n) is 6.90. The van der Waals surface area contributed by atoms with Crippen LogP contribution in [0.2, 0.25) is 0 Å².